The maximum absolute atomic E-state index is 14.0. The molecule has 24 heteroatoms. The number of aryl methyl sites for hydroxylation is 1. The quantitative estimate of drug-likeness (QED) is 0.0227. The lowest BCUT2D eigenvalue weighted by Crippen LogP contribution is -2.61. The minimum Gasteiger partial charge on any atom is -0.396 e. The van der Waals surface area contributed by atoms with Crippen molar-refractivity contribution >= 4 is 49.5 Å². The van der Waals surface area contributed by atoms with E-state index in [0.29, 0.717) is 50.2 Å². The molecule has 0 radical (unpaired) electrons. The summed E-state index contributed by atoms with van der Waals surface area (Å²) in [4.78, 5) is 109. The molecular weight excluding hydrogens is 857 g/mol. The van der Waals surface area contributed by atoms with E-state index >= 15 is 0 Å². The van der Waals surface area contributed by atoms with Gasteiger partial charge in [-0.3, -0.25) is 38.4 Å². The first-order valence-corrected chi connectivity index (χ1v) is 22.3. The summed E-state index contributed by atoms with van der Waals surface area (Å²) < 4.78 is 17.7. The molecule has 1 fully saturated rings. The largest absolute Gasteiger partial charge is 0.469 e. The molecule has 10 N–H and O–H groups in total. The SMILES string of the molecule is CC(=O)N1CCC[C@H]1C(=O)N[C@@H](CC(C)C)C(=O)N[C@@H](Cc1cncn1CCCCO/N=C\c1[nH]ncc1-c1ccccc1)C(=O)N[C@@H](CO)C(=O)N[C@H](C(N)=O)[C@@H](C)OP(=O)(O)O. The number of nitrogens with zero attached hydrogens (tertiary/aromatic N) is 5. The number of benzene rings is 1. The van der Waals surface area contributed by atoms with Crippen molar-refractivity contribution in [3.05, 3.63) is 60.4 Å². The van der Waals surface area contributed by atoms with Gasteiger partial charge in [0.25, 0.3) is 0 Å². The number of unbranched alkanes of at least 4 members (excludes halogenated alkanes) is 1. The Bertz CT molecular complexity index is 2130. The van der Waals surface area contributed by atoms with Crippen molar-refractivity contribution in [1.82, 2.24) is 45.9 Å². The highest BCUT2D eigenvalue weighted by Gasteiger charge is 2.37. The Kier molecular flexibility index (Phi) is 19.1. The fourth-order valence-corrected chi connectivity index (χ4v) is 7.60. The maximum Gasteiger partial charge on any atom is 0.469 e. The van der Waals surface area contributed by atoms with E-state index in [1.165, 1.54) is 30.6 Å². The van der Waals surface area contributed by atoms with E-state index in [0.717, 1.165) is 18.1 Å². The van der Waals surface area contributed by atoms with Gasteiger partial charge in [0.2, 0.25) is 35.4 Å². The number of H-pyrrole nitrogens is 1. The molecule has 0 spiro atoms. The first kappa shape index (κ1) is 50.6. The van der Waals surface area contributed by atoms with Crippen LogP contribution in [-0.4, -0.2) is 137 Å². The molecule has 2 aromatic heterocycles. The summed E-state index contributed by atoms with van der Waals surface area (Å²) in [6, 6.07) is 2.74. The summed E-state index contributed by atoms with van der Waals surface area (Å²) >= 11 is 0. The number of primary amides is 1. The second kappa shape index (κ2) is 24.2. The smallest absolute Gasteiger partial charge is 0.396 e. The first-order chi connectivity index (χ1) is 30.4. The van der Waals surface area contributed by atoms with Crippen LogP contribution in [0.2, 0.25) is 0 Å². The lowest BCUT2D eigenvalue weighted by molar-refractivity contribution is -0.139. The topological polar surface area (TPSA) is 335 Å². The molecule has 0 bridgehead atoms. The number of oxime groups is 1. The van der Waals surface area contributed by atoms with Crippen LogP contribution in [0.5, 0.6) is 0 Å². The monoisotopic (exact) mass is 915 g/mol. The van der Waals surface area contributed by atoms with Crippen LogP contribution in [0.3, 0.4) is 0 Å². The van der Waals surface area contributed by atoms with Crippen LogP contribution in [0, 0.1) is 5.92 Å². The molecule has 6 amide bonds. The van der Waals surface area contributed by atoms with Crippen LogP contribution in [-0.2, 0) is 55.7 Å². The van der Waals surface area contributed by atoms with E-state index in [2.05, 4.69) is 46.1 Å². The molecule has 0 unspecified atom stereocenters. The minimum absolute atomic E-state index is 0.109. The number of aromatic nitrogens is 4. The number of phosphoric ester groups is 1. The number of imidazole rings is 1. The fourth-order valence-electron chi connectivity index (χ4n) is 7.05. The molecule has 0 saturated carbocycles. The minimum atomic E-state index is -5.13. The normalized spacial score (nSPS) is 16.4. The zero-order chi connectivity index (χ0) is 47.0. The molecule has 23 nitrogen and oxygen atoms in total. The molecule has 64 heavy (non-hydrogen) atoms. The molecule has 0 aliphatic carbocycles. The Morgan fingerprint density at radius 1 is 0.984 bits per heavy atom. The van der Waals surface area contributed by atoms with Crippen LogP contribution >= 0.6 is 7.82 Å². The van der Waals surface area contributed by atoms with Crippen molar-refractivity contribution in [2.75, 3.05) is 19.8 Å². The van der Waals surface area contributed by atoms with Crippen molar-refractivity contribution in [2.45, 2.75) is 109 Å². The summed E-state index contributed by atoms with van der Waals surface area (Å²) in [5.41, 5.74) is 8.34. The zero-order valence-electron chi connectivity index (χ0n) is 36.1. The molecular formula is C40H58N11O12P. The summed E-state index contributed by atoms with van der Waals surface area (Å²) in [7, 11) is -5.13. The third kappa shape index (κ3) is 15.4. The number of phosphoric acid groups is 1. The molecule has 6 atom stereocenters. The number of nitrogens with one attached hydrogen (secondary N) is 5. The van der Waals surface area contributed by atoms with Gasteiger partial charge >= 0.3 is 7.82 Å². The number of hydrogen-bond acceptors (Lipinski definition) is 13. The average molecular weight is 916 g/mol. The Morgan fingerprint density at radius 3 is 2.33 bits per heavy atom. The number of aliphatic hydroxyl groups excluding tert-OH is 1. The van der Waals surface area contributed by atoms with Crippen LogP contribution in [0.25, 0.3) is 11.1 Å². The summed E-state index contributed by atoms with van der Waals surface area (Å²) in [5, 5.41) is 31.1. The first-order valence-electron chi connectivity index (χ1n) is 20.7. The standard InChI is InChI=1S/C40H58N11O12P/c1-24(2)17-30(46-40(58)34-13-10-15-51(34)26(4)53)37(55)45-31(38(56)47-33(22-52)39(57)48-35(36(41)54)25(3)63-64(59,60)61)18-28-19-42-23-50(28)14-8-9-16-62-44-21-32-29(20-43-49-32)27-11-6-5-7-12-27/h5-7,11-12,19-21,23-25,30-31,33-35,52H,8-10,13-18,22H2,1-4H3,(H2,41,54)(H,43,49)(H,45,55)(H,46,58)(H,47,56)(H,48,57)(H2,59,60,61)/b44-21-/t25-,30+,31+,33+,34+,35+/m1/s1. The number of hydrogen-bond donors (Lipinski definition) is 9. The van der Waals surface area contributed by atoms with E-state index in [-0.39, 0.29) is 31.3 Å². The third-order valence-electron chi connectivity index (χ3n) is 10.2. The van der Waals surface area contributed by atoms with Gasteiger partial charge in [-0.25, -0.2) is 9.55 Å². The van der Waals surface area contributed by atoms with Crippen molar-refractivity contribution in [3.8, 4) is 11.1 Å². The number of nitrogens with two attached hydrogens (primary N) is 1. The van der Waals surface area contributed by atoms with Crippen molar-refractivity contribution < 1.29 is 57.6 Å². The lowest BCUT2D eigenvalue weighted by Gasteiger charge is -2.28. The van der Waals surface area contributed by atoms with Gasteiger partial charge in [-0.15, -0.1) is 0 Å². The predicted molar refractivity (Wildman–Crippen MR) is 229 cm³/mol. The summed E-state index contributed by atoms with van der Waals surface area (Å²) in [6.45, 7) is 6.15. The molecule has 3 heterocycles. The van der Waals surface area contributed by atoms with Gasteiger partial charge in [-0.2, -0.15) is 5.10 Å². The summed E-state index contributed by atoms with van der Waals surface area (Å²) in [6.07, 6.45) is 6.76. The van der Waals surface area contributed by atoms with Gasteiger partial charge in [0.15, 0.2) is 0 Å². The Balaban J connectivity index is 1.47. The van der Waals surface area contributed by atoms with Crippen molar-refractivity contribution in [3.63, 3.8) is 0 Å². The van der Waals surface area contributed by atoms with Crippen LogP contribution < -0.4 is 27.0 Å². The van der Waals surface area contributed by atoms with Crippen LogP contribution in [0.1, 0.15) is 71.2 Å². The molecule has 1 aliphatic rings. The number of carbonyl (C=O) groups is 6. The highest BCUT2D eigenvalue weighted by Crippen LogP contribution is 2.38. The zero-order valence-corrected chi connectivity index (χ0v) is 37.0. The molecule has 1 aliphatic heterocycles. The molecule has 3 aromatic rings. The maximum atomic E-state index is 14.0. The number of aliphatic hydroxyl groups is 1. The van der Waals surface area contributed by atoms with E-state index in [1.807, 2.05) is 44.2 Å². The Labute approximate surface area is 369 Å². The van der Waals surface area contributed by atoms with Gasteiger partial charge < -0.3 is 56.2 Å². The molecule has 1 aromatic carbocycles. The van der Waals surface area contributed by atoms with Crippen LogP contribution in [0.4, 0.5) is 0 Å². The Hall–Kier alpha value is -6.00. The van der Waals surface area contributed by atoms with Gasteiger partial charge in [-0.05, 0) is 50.5 Å². The van der Waals surface area contributed by atoms with Gasteiger partial charge in [0.05, 0.1) is 37.1 Å². The highest BCUT2D eigenvalue weighted by atomic mass is 31.2. The second-order valence-corrected chi connectivity index (χ2v) is 16.9. The van der Waals surface area contributed by atoms with Gasteiger partial charge in [0.1, 0.15) is 36.8 Å². The van der Waals surface area contributed by atoms with E-state index < -0.39 is 80.3 Å². The number of likely N-dealkylation sites (tertiary alicyclic amines) is 1. The van der Waals surface area contributed by atoms with E-state index in [9.17, 15) is 48.2 Å². The summed E-state index contributed by atoms with van der Waals surface area (Å²) in [5.74, 6) is -5.03. The predicted octanol–water partition coefficient (Wildman–Crippen LogP) is -0.382. The number of amides is 6. The number of rotatable bonds is 25. The third-order valence-corrected chi connectivity index (χ3v) is 10.8. The highest BCUT2D eigenvalue weighted by molar-refractivity contribution is 7.46. The van der Waals surface area contributed by atoms with Gasteiger partial charge in [0, 0.05) is 43.9 Å². The number of carbonyl (C=O) groups excluding carboxylic acids is 6. The molecule has 350 valence electrons. The van der Waals surface area contributed by atoms with Crippen LogP contribution in [0.15, 0.2) is 54.2 Å². The number of aromatic amines is 1. The molecule has 4 rings (SSSR count). The van der Waals surface area contributed by atoms with Crippen molar-refractivity contribution in [1.29, 1.82) is 0 Å². The van der Waals surface area contributed by atoms with E-state index in [1.54, 1.807) is 10.8 Å². The molecule has 1 saturated heterocycles. The Morgan fingerprint density at radius 2 is 1.67 bits per heavy atom. The second-order valence-electron chi connectivity index (χ2n) is 15.7. The van der Waals surface area contributed by atoms with E-state index in [4.69, 9.17) is 10.6 Å². The lowest BCUT2D eigenvalue weighted by atomic mass is 10.0. The van der Waals surface area contributed by atoms with Gasteiger partial charge in [-0.1, -0.05) is 49.3 Å². The fraction of sp³-hybridized carbons (Fsp3) is 0.525. The average Bonchev–Trinajstić information content (AvgIpc) is 4.02. The van der Waals surface area contributed by atoms with Crippen molar-refractivity contribution in [2.24, 2.45) is 16.8 Å².